The predicted molar refractivity (Wildman–Crippen MR) is 78.7 cm³/mol. The molecule has 0 fully saturated rings. The molecule has 2 rings (SSSR count). The molecule has 1 aromatic heterocycles. The summed E-state index contributed by atoms with van der Waals surface area (Å²) in [6.45, 7) is 2.03. The summed E-state index contributed by atoms with van der Waals surface area (Å²) in [5.41, 5.74) is 2.02. The van der Waals surface area contributed by atoms with Gasteiger partial charge < -0.3 is 9.15 Å². The summed E-state index contributed by atoms with van der Waals surface area (Å²) in [6, 6.07) is 11.6. The van der Waals surface area contributed by atoms with Crippen LogP contribution < -0.4 is 0 Å². The Morgan fingerprint density at radius 1 is 1.19 bits per heavy atom. The summed E-state index contributed by atoms with van der Waals surface area (Å²) in [7, 11) is 0. The standard InChI is InChI=1S/C17H18O4/c1-2-20-17(19)12-15(18)9-8-13-5-3-6-14(11-13)16-7-4-10-21-16/h3-7,10-11H,2,8-9,12H2,1H3. The van der Waals surface area contributed by atoms with Gasteiger partial charge in [0.15, 0.2) is 0 Å². The van der Waals surface area contributed by atoms with Gasteiger partial charge in [0.1, 0.15) is 18.0 Å². The molecule has 0 spiro atoms. The average Bonchev–Trinajstić information content (AvgIpc) is 3.00. The SMILES string of the molecule is CCOC(=O)CC(=O)CCc1cccc(-c2ccco2)c1. The monoisotopic (exact) mass is 286 g/mol. The second-order valence-corrected chi connectivity index (χ2v) is 4.70. The first kappa shape index (κ1) is 15.0. The molecular formula is C17H18O4. The molecule has 1 aromatic carbocycles. The molecule has 0 saturated carbocycles. The van der Waals surface area contributed by atoms with E-state index >= 15 is 0 Å². The molecule has 110 valence electrons. The lowest BCUT2D eigenvalue weighted by Crippen LogP contribution is -2.11. The third-order valence-electron chi connectivity index (χ3n) is 3.07. The van der Waals surface area contributed by atoms with Crippen LogP contribution in [0, 0.1) is 0 Å². The molecular weight excluding hydrogens is 268 g/mol. The lowest BCUT2D eigenvalue weighted by molar-refractivity contribution is -0.145. The number of ketones is 1. The number of hydrogen-bond acceptors (Lipinski definition) is 4. The molecule has 4 heteroatoms. The molecule has 0 saturated heterocycles. The zero-order valence-electron chi connectivity index (χ0n) is 12.0. The van der Waals surface area contributed by atoms with Gasteiger partial charge in [-0.1, -0.05) is 18.2 Å². The summed E-state index contributed by atoms with van der Waals surface area (Å²) >= 11 is 0. The van der Waals surface area contributed by atoms with Gasteiger partial charge in [-0.05, 0) is 37.1 Å². The van der Waals surface area contributed by atoms with Crippen molar-refractivity contribution in [2.45, 2.75) is 26.2 Å². The minimum Gasteiger partial charge on any atom is -0.466 e. The van der Waals surface area contributed by atoms with Crippen molar-refractivity contribution < 1.29 is 18.7 Å². The van der Waals surface area contributed by atoms with Gasteiger partial charge in [-0.2, -0.15) is 0 Å². The van der Waals surface area contributed by atoms with E-state index in [2.05, 4.69) is 0 Å². The first-order valence-corrected chi connectivity index (χ1v) is 6.99. The van der Waals surface area contributed by atoms with Gasteiger partial charge in [-0.25, -0.2) is 0 Å². The topological polar surface area (TPSA) is 56.5 Å². The number of Topliss-reactive ketones (excluding diaryl/α,β-unsaturated/α-hetero) is 1. The van der Waals surface area contributed by atoms with E-state index in [0.29, 0.717) is 19.4 Å². The molecule has 0 unspecified atom stereocenters. The number of esters is 1. The van der Waals surface area contributed by atoms with Crippen LogP contribution in [-0.4, -0.2) is 18.4 Å². The van der Waals surface area contributed by atoms with Crippen molar-refractivity contribution in [2.24, 2.45) is 0 Å². The summed E-state index contributed by atoms with van der Waals surface area (Å²) in [6.07, 6.45) is 2.42. The van der Waals surface area contributed by atoms with Gasteiger partial charge in [-0.15, -0.1) is 0 Å². The Hall–Kier alpha value is -2.36. The minimum absolute atomic E-state index is 0.100. The molecule has 0 amide bonds. The molecule has 0 radical (unpaired) electrons. The van der Waals surface area contributed by atoms with Crippen molar-refractivity contribution in [1.82, 2.24) is 0 Å². The van der Waals surface area contributed by atoms with E-state index in [1.807, 2.05) is 36.4 Å². The van der Waals surface area contributed by atoms with Gasteiger partial charge in [0, 0.05) is 12.0 Å². The van der Waals surface area contributed by atoms with Gasteiger partial charge in [0.05, 0.1) is 12.9 Å². The van der Waals surface area contributed by atoms with Crippen molar-refractivity contribution in [3.05, 3.63) is 48.2 Å². The van der Waals surface area contributed by atoms with E-state index in [1.54, 1.807) is 13.2 Å². The van der Waals surface area contributed by atoms with Crippen molar-refractivity contribution in [2.75, 3.05) is 6.61 Å². The molecule has 4 nitrogen and oxygen atoms in total. The maximum atomic E-state index is 11.7. The van der Waals surface area contributed by atoms with Crippen LogP contribution in [0.2, 0.25) is 0 Å². The van der Waals surface area contributed by atoms with Crippen LogP contribution in [0.15, 0.2) is 47.1 Å². The van der Waals surface area contributed by atoms with Gasteiger partial charge in [0.25, 0.3) is 0 Å². The molecule has 0 N–H and O–H groups in total. The van der Waals surface area contributed by atoms with E-state index < -0.39 is 5.97 Å². The molecule has 2 aromatic rings. The van der Waals surface area contributed by atoms with Crippen molar-refractivity contribution in [3.63, 3.8) is 0 Å². The summed E-state index contributed by atoms with van der Waals surface area (Å²) in [5.74, 6) is 0.249. The zero-order valence-corrected chi connectivity index (χ0v) is 12.0. The Bertz CT molecular complexity index is 599. The number of ether oxygens (including phenoxy) is 1. The lowest BCUT2D eigenvalue weighted by atomic mass is 10.0. The Morgan fingerprint density at radius 2 is 2.05 bits per heavy atom. The van der Waals surface area contributed by atoms with Crippen molar-refractivity contribution in [3.8, 4) is 11.3 Å². The van der Waals surface area contributed by atoms with Gasteiger partial charge in [-0.3, -0.25) is 9.59 Å². The van der Waals surface area contributed by atoms with Crippen LogP contribution in [0.5, 0.6) is 0 Å². The van der Waals surface area contributed by atoms with E-state index in [9.17, 15) is 9.59 Å². The van der Waals surface area contributed by atoms with Crippen LogP contribution in [0.1, 0.15) is 25.3 Å². The second-order valence-electron chi connectivity index (χ2n) is 4.70. The quantitative estimate of drug-likeness (QED) is 0.578. The molecule has 0 bridgehead atoms. The maximum absolute atomic E-state index is 11.7. The highest BCUT2D eigenvalue weighted by Gasteiger charge is 2.10. The highest BCUT2D eigenvalue weighted by Crippen LogP contribution is 2.21. The number of benzene rings is 1. The predicted octanol–water partition coefficient (Wildman–Crippen LogP) is 3.40. The van der Waals surface area contributed by atoms with Gasteiger partial charge in [0.2, 0.25) is 0 Å². The summed E-state index contributed by atoms with van der Waals surface area (Å²) < 4.78 is 10.1. The average molecular weight is 286 g/mol. The first-order valence-electron chi connectivity index (χ1n) is 6.99. The third kappa shape index (κ3) is 4.60. The van der Waals surface area contributed by atoms with Crippen LogP contribution >= 0.6 is 0 Å². The summed E-state index contributed by atoms with van der Waals surface area (Å²) in [4.78, 5) is 22.9. The van der Waals surface area contributed by atoms with E-state index in [4.69, 9.17) is 9.15 Å². The normalized spacial score (nSPS) is 10.3. The molecule has 0 aliphatic heterocycles. The van der Waals surface area contributed by atoms with Crippen LogP contribution in [0.4, 0.5) is 0 Å². The number of hydrogen-bond donors (Lipinski definition) is 0. The van der Waals surface area contributed by atoms with E-state index in [-0.39, 0.29) is 12.2 Å². The molecule has 1 heterocycles. The first-order chi connectivity index (χ1) is 10.2. The van der Waals surface area contributed by atoms with Crippen molar-refractivity contribution in [1.29, 1.82) is 0 Å². The fourth-order valence-electron chi connectivity index (χ4n) is 2.07. The van der Waals surface area contributed by atoms with Crippen LogP contribution in [0.3, 0.4) is 0 Å². The van der Waals surface area contributed by atoms with E-state index in [1.165, 1.54) is 0 Å². The number of carbonyl (C=O) groups excluding carboxylic acids is 2. The summed E-state index contributed by atoms with van der Waals surface area (Å²) in [5, 5.41) is 0. The Balaban J connectivity index is 1.90. The number of carbonyl (C=O) groups is 2. The Morgan fingerprint density at radius 3 is 2.76 bits per heavy atom. The largest absolute Gasteiger partial charge is 0.466 e. The lowest BCUT2D eigenvalue weighted by Gasteiger charge is -2.04. The molecule has 0 atom stereocenters. The minimum atomic E-state index is -0.452. The third-order valence-corrected chi connectivity index (χ3v) is 3.07. The zero-order chi connectivity index (χ0) is 15.1. The smallest absolute Gasteiger partial charge is 0.313 e. The number of aryl methyl sites for hydroxylation is 1. The Kier molecular flexibility index (Phi) is 5.32. The van der Waals surface area contributed by atoms with E-state index in [0.717, 1.165) is 16.9 Å². The highest BCUT2D eigenvalue weighted by molar-refractivity contribution is 5.95. The Labute approximate surface area is 123 Å². The fraction of sp³-hybridized carbons (Fsp3) is 0.294. The second kappa shape index (κ2) is 7.43. The van der Waals surface area contributed by atoms with Gasteiger partial charge >= 0.3 is 5.97 Å². The van der Waals surface area contributed by atoms with Crippen LogP contribution in [0.25, 0.3) is 11.3 Å². The molecule has 0 aliphatic carbocycles. The number of rotatable bonds is 7. The molecule has 21 heavy (non-hydrogen) atoms. The highest BCUT2D eigenvalue weighted by atomic mass is 16.5. The van der Waals surface area contributed by atoms with Crippen LogP contribution in [-0.2, 0) is 20.7 Å². The fourth-order valence-corrected chi connectivity index (χ4v) is 2.07. The van der Waals surface area contributed by atoms with Crippen molar-refractivity contribution >= 4 is 11.8 Å². The maximum Gasteiger partial charge on any atom is 0.313 e. The molecule has 0 aliphatic rings. The number of furan rings is 1.